The number of benzene rings is 2. The molecule has 1 saturated carbocycles. The van der Waals surface area contributed by atoms with Crippen LogP contribution in [-0.2, 0) is 0 Å². The summed E-state index contributed by atoms with van der Waals surface area (Å²) in [6.07, 6.45) is 2.31. The van der Waals surface area contributed by atoms with Crippen LogP contribution in [0.3, 0.4) is 0 Å². The van der Waals surface area contributed by atoms with E-state index < -0.39 is 0 Å². The molecule has 3 aromatic rings. The molecule has 20 heavy (non-hydrogen) atoms. The summed E-state index contributed by atoms with van der Waals surface area (Å²) in [5, 5.41) is 2.34. The number of fused-ring (bicyclic) bond motifs is 1. The van der Waals surface area contributed by atoms with Crippen molar-refractivity contribution in [1.82, 2.24) is 9.66 Å². The second-order valence-electron chi connectivity index (χ2n) is 5.37. The Kier molecular flexibility index (Phi) is 2.27. The van der Waals surface area contributed by atoms with Crippen molar-refractivity contribution in [3.8, 4) is 11.3 Å². The highest BCUT2D eigenvalue weighted by Gasteiger charge is 2.30. The zero-order valence-corrected chi connectivity index (χ0v) is 11.1. The van der Waals surface area contributed by atoms with Gasteiger partial charge in [-0.15, -0.1) is 0 Å². The molecule has 0 radical (unpaired) electrons. The quantitative estimate of drug-likeness (QED) is 0.699. The Labute approximate surface area is 117 Å². The van der Waals surface area contributed by atoms with Crippen LogP contribution >= 0.6 is 0 Å². The van der Waals surface area contributed by atoms with Crippen LogP contribution in [0.1, 0.15) is 24.6 Å². The number of aromatic nitrogens is 2. The van der Waals surface area contributed by atoms with Crippen LogP contribution in [0.25, 0.3) is 22.0 Å². The Hall–Kier alpha value is -2.49. The van der Waals surface area contributed by atoms with Crippen molar-refractivity contribution in [1.29, 1.82) is 0 Å². The van der Waals surface area contributed by atoms with Gasteiger partial charge in [0.25, 0.3) is 0 Å². The van der Waals surface area contributed by atoms with Crippen molar-refractivity contribution in [2.24, 2.45) is 0 Å². The predicted octanol–water partition coefficient (Wildman–Crippen LogP) is 2.88. The molecular weight excluding hydrogens is 248 g/mol. The van der Waals surface area contributed by atoms with Gasteiger partial charge in [-0.25, -0.2) is 9.66 Å². The van der Waals surface area contributed by atoms with E-state index in [1.165, 1.54) is 5.39 Å². The summed E-state index contributed by atoms with van der Waals surface area (Å²) >= 11 is 0. The summed E-state index contributed by atoms with van der Waals surface area (Å²) in [7, 11) is 0. The van der Waals surface area contributed by atoms with Gasteiger partial charge in [-0.3, -0.25) is 0 Å². The first-order valence-electron chi connectivity index (χ1n) is 6.87. The number of nitrogens with two attached hydrogens (primary N) is 2. The lowest BCUT2D eigenvalue weighted by Gasteiger charge is -2.05. The Balaban J connectivity index is 1.97. The lowest BCUT2D eigenvalue weighted by Crippen LogP contribution is -2.14. The van der Waals surface area contributed by atoms with Crippen molar-refractivity contribution in [2.75, 3.05) is 11.6 Å². The molecule has 4 rings (SSSR count). The maximum atomic E-state index is 6.17. The van der Waals surface area contributed by atoms with Gasteiger partial charge in [-0.2, -0.15) is 0 Å². The molecule has 1 heterocycles. The maximum Gasteiger partial charge on any atom is 0.150 e. The van der Waals surface area contributed by atoms with Crippen molar-refractivity contribution in [3.05, 3.63) is 48.3 Å². The van der Waals surface area contributed by atoms with E-state index in [1.54, 1.807) is 4.68 Å². The van der Waals surface area contributed by atoms with Gasteiger partial charge in [-0.1, -0.05) is 42.5 Å². The van der Waals surface area contributed by atoms with Crippen LogP contribution in [0, 0.1) is 0 Å². The summed E-state index contributed by atoms with van der Waals surface area (Å²) < 4.78 is 1.55. The largest absolute Gasteiger partial charge is 0.382 e. The van der Waals surface area contributed by atoms with E-state index in [-0.39, 0.29) is 0 Å². The molecule has 1 aliphatic carbocycles. The van der Waals surface area contributed by atoms with Gasteiger partial charge in [0.1, 0.15) is 11.5 Å². The van der Waals surface area contributed by atoms with Crippen LogP contribution in [0.2, 0.25) is 0 Å². The van der Waals surface area contributed by atoms with Crippen molar-refractivity contribution in [3.63, 3.8) is 0 Å². The normalized spacial score (nSPS) is 14.8. The van der Waals surface area contributed by atoms with E-state index >= 15 is 0 Å². The molecule has 4 heteroatoms. The number of hydrogen-bond acceptors (Lipinski definition) is 3. The molecular formula is C16H16N4. The third kappa shape index (κ3) is 1.58. The zero-order valence-electron chi connectivity index (χ0n) is 11.1. The van der Waals surface area contributed by atoms with Gasteiger partial charge < -0.3 is 11.6 Å². The number of nitrogens with zero attached hydrogens (tertiary/aromatic N) is 2. The lowest BCUT2D eigenvalue weighted by atomic mass is 10.0. The van der Waals surface area contributed by atoms with Crippen LogP contribution in [-0.4, -0.2) is 9.66 Å². The third-order valence-corrected chi connectivity index (χ3v) is 3.96. The smallest absolute Gasteiger partial charge is 0.150 e. The van der Waals surface area contributed by atoms with Gasteiger partial charge >= 0.3 is 0 Å². The molecule has 0 saturated heterocycles. The molecule has 1 fully saturated rings. The monoisotopic (exact) mass is 264 g/mol. The van der Waals surface area contributed by atoms with Gasteiger partial charge in [-0.05, 0) is 23.6 Å². The van der Waals surface area contributed by atoms with E-state index in [1.807, 2.05) is 18.2 Å². The van der Waals surface area contributed by atoms with Crippen molar-refractivity contribution in [2.45, 2.75) is 18.8 Å². The molecule has 100 valence electrons. The van der Waals surface area contributed by atoms with Gasteiger partial charge in [0.05, 0.1) is 0 Å². The topological polar surface area (TPSA) is 69.9 Å². The second kappa shape index (κ2) is 4.00. The molecule has 0 aliphatic heterocycles. The minimum Gasteiger partial charge on any atom is -0.382 e. The predicted molar refractivity (Wildman–Crippen MR) is 81.7 cm³/mol. The standard InChI is InChI=1S/C16H16N4/c17-15-14(19-16(20(15)18)11-8-9-11)13-7-3-5-10-4-1-2-6-12(10)13/h1-7,11H,8-9,17-18H2. The molecule has 2 aromatic carbocycles. The van der Waals surface area contributed by atoms with E-state index in [9.17, 15) is 0 Å². The first-order valence-corrected chi connectivity index (χ1v) is 6.87. The second-order valence-corrected chi connectivity index (χ2v) is 5.37. The third-order valence-electron chi connectivity index (χ3n) is 3.96. The van der Waals surface area contributed by atoms with Gasteiger partial charge in [0.2, 0.25) is 0 Å². The Morgan fingerprint density at radius 3 is 2.60 bits per heavy atom. The Bertz CT molecular complexity index is 794. The number of imidazole rings is 1. The van der Waals surface area contributed by atoms with Gasteiger partial charge in [0, 0.05) is 11.5 Å². The molecule has 4 nitrogen and oxygen atoms in total. The van der Waals surface area contributed by atoms with Crippen LogP contribution < -0.4 is 11.6 Å². The first kappa shape index (κ1) is 11.3. The van der Waals surface area contributed by atoms with Crippen molar-refractivity contribution < 1.29 is 0 Å². The minimum absolute atomic E-state index is 0.478. The number of anilines is 1. The highest BCUT2D eigenvalue weighted by molar-refractivity contribution is 5.97. The molecule has 1 aliphatic rings. The fraction of sp³-hybridized carbons (Fsp3) is 0.188. The molecule has 1 aromatic heterocycles. The number of hydrogen-bond donors (Lipinski definition) is 2. The Morgan fingerprint density at radius 1 is 1.05 bits per heavy atom. The van der Waals surface area contributed by atoms with E-state index in [4.69, 9.17) is 16.6 Å². The maximum absolute atomic E-state index is 6.17. The lowest BCUT2D eigenvalue weighted by molar-refractivity contribution is 0.855. The summed E-state index contributed by atoms with van der Waals surface area (Å²) in [6, 6.07) is 14.4. The van der Waals surface area contributed by atoms with E-state index in [0.29, 0.717) is 11.7 Å². The molecule has 0 atom stereocenters. The molecule has 0 spiro atoms. The van der Waals surface area contributed by atoms with Crippen LogP contribution in [0.5, 0.6) is 0 Å². The fourth-order valence-electron chi connectivity index (χ4n) is 2.72. The average molecular weight is 264 g/mol. The molecule has 0 bridgehead atoms. The fourth-order valence-corrected chi connectivity index (χ4v) is 2.72. The number of rotatable bonds is 2. The Morgan fingerprint density at radius 2 is 1.80 bits per heavy atom. The van der Waals surface area contributed by atoms with Crippen LogP contribution in [0.15, 0.2) is 42.5 Å². The average Bonchev–Trinajstić information content (AvgIpc) is 3.27. The molecule has 0 amide bonds. The highest BCUT2D eigenvalue weighted by atomic mass is 15.4. The zero-order chi connectivity index (χ0) is 13.7. The van der Waals surface area contributed by atoms with E-state index in [2.05, 4.69) is 24.3 Å². The van der Waals surface area contributed by atoms with Crippen LogP contribution in [0.4, 0.5) is 5.82 Å². The summed E-state index contributed by atoms with van der Waals surface area (Å²) in [4.78, 5) is 4.70. The van der Waals surface area contributed by atoms with E-state index in [0.717, 1.165) is 35.3 Å². The SMILES string of the molecule is Nc1c(-c2cccc3ccccc23)nc(C2CC2)n1N. The summed E-state index contributed by atoms with van der Waals surface area (Å²) in [6.45, 7) is 0. The summed E-state index contributed by atoms with van der Waals surface area (Å²) in [5.41, 5.74) is 8.01. The van der Waals surface area contributed by atoms with Gasteiger partial charge in [0.15, 0.2) is 5.82 Å². The van der Waals surface area contributed by atoms with Crippen molar-refractivity contribution >= 4 is 16.6 Å². The molecule has 0 unspecified atom stereocenters. The highest BCUT2D eigenvalue weighted by Crippen LogP contribution is 2.42. The summed E-state index contributed by atoms with van der Waals surface area (Å²) in [5.74, 6) is 7.99. The number of nitrogen functional groups attached to an aromatic ring is 2. The molecule has 4 N–H and O–H groups in total. The minimum atomic E-state index is 0.478. The first-order chi connectivity index (χ1) is 9.75.